The standard InChI is InChI=1S/C24H17Br2N3O5/c25-18-7-4-15(5-8-18)13-28-23(30)21(27-24(28)31)12-16-6-9-22(20(26)11-16)34-14-17-2-1-3-19(10-17)29(32)33/h1-12H,13-14H2,(H,27,31)/b21-12+. The molecule has 0 bridgehead atoms. The molecule has 0 atom stereocenters. The zero-order valence-corrected chi connectivity index (χ0v) is 20.7. The molecule has 0 aliphatic carbocycles. The van der Waals surface area contributed by atoms with E-state index in [2.05, 4.69) is 37.2 Å². The second-order valence-corrected chi connectivity index (χ2v) is 9.18. The molecule has 3 aromatic rings. The topological polar surface area (TPSA) is 102 Å². The summed E-state index contributed by atoms with van der Waals surface area (Å²) in [5, 5.41) is 13.5. The van der Waals surface area contributed by atoms with Gasteiger partial charge >= 0.3 is 6.03 Å². The van der Waals surface area contributed by atoms with E-state index in [9.17, 15) is 19.7 Å². The molecule has 1 aliphatic heterocycles. The van der Waals surface area contributed by atoms with E-state index < -0.39 is 16.9 Å². The van der Waals surface area contributed by atoms with Gasteiger partial charge in [0.2, 0.25) is 0 Å². The van der Waals surface area contributed by atoms with Crippen molar-refractivity contribution in [1.82, 2.24) is 10.2 Å². The summed E-state index contributed by atoms with van der Waals surface area (Å²) in [6.45, 7) is 0.323. The van der Waals surface area contributed by atoms with Gasteiger partial charge in [-0.1, -0.05) is 46.3 Å². The highest BCUT2D eigenvalue weighted by Gasteiger charge is 2.33. The Morgan fingerprint density at radius 3 is 2.47 bits per heavy atom. The van der Waals surface area contributed by atoms with Crippen molar-refractivity contribution in [3.05, 3.63) is 108 Å². The zero-order valence-electron chi connectivity index (χ0n) is 17.5. The minimum absolute atomic E-state index is 0.000375. The summed E-state index contributed by atoms with van der Waals surface area (Å²) in [5.74, 6) is 0.127. The number of nitro groups is 1. The molecular formula is C24H17Br2N3O5. The number of ether oxygens (including phenoxy) is 1. The molecule has 0 spiro atoms. The van der Waals surface area contributed by atoms with Crippen LogP contribution in [0.15, 0.2) is 81.4 Å². The van der Waals surface area contributed by atoms with Gasteiger partial charge in [-0.3, -0.25) is 19.8 Å². The van der Waals surface area contributed by atoms with Crippen molar-refractivity contribution in [2.24, 2.45) is 0 Å². The molecule has 3 amide bonds. The highest BCUT2D eigenvalue weighted by Crippen LogP contribution is 2.28. The summed E-state index contributed by atoms with van der Waals surface area (Å²) >= 11 is 6.81. The number of benzene rings is 3. The van der Waals surface area contributed by atoms with Crippen molar-refractivity contribution in [2.75, 3.05) is 0 Å². The van der Waals surface area contributed by atoms with E-state index in [1.165, 1.54) is 12.1 Å². The van der Waals surface area contributed by atoms with Gasteiger partial charge in [-0.15, -0.1) is 0 Å². The lowest BCUT2D eigenvalue weighted by atomic mass is 10.1. The van der Waals surface area contributed by atoms with Gasteiger partial charge < -0.3 is 10.1 Å². The first-order chi connectivity index (χ1) is 16.3. The lowest BCUT2D eigenvalue weighted by Gasteiger charge is -2.11. The Bertz CT molecular complexity index is 1310. The van der Waals surface area contributed by atoms with E-state index in [4.69, 9.17) is 4.74 Å². The second-order valence-electron chi connectivity index (χ2n) is 7.41. The van der Waals surface area contributed by atoms with Crippen LogP contribution in [-0.4, -0.2) is 21.8 Å². The van der Waals surface area contributed by atoms with Gasteiger partial charge in [0.15, 0.2) is 0 Å². The summed E-state index contributed by atoms with van der Waals surface area (Å²) in [5.41, 5.74) is 2.36. The number of hydrogen-bond acceptors (Lipinski definition) is 5. The van der Waals surface area contributed by atoms with Crippen LogP contribution in [0.3, 0.4) is 0 Å². The van der Waals surface area contributed by atoms with Crippen LogP contribution in [0.5, 0.6) is 5.75 Å². The minimum atomic E-state index is -0.477. The maximum atomic E-state index is 12.8. The molecular weight excluding hydrogens is 570 g/mol. The van der Waals surface area contributed by atoms with Crippen molar-refractivity contribution in [1.29, 1.82) is 0 Å². The number of urea groups is 1. The van der Waals surface area contributed by atoms with E-state index in [-0.39, 0.29) is 24.5 Å². The second kappa shape index (κ2) is 10.2. The van der Waals surface area contributed by atoms with Crippen LogP contribution in [0.1, 0.15) is 16.7 Å². The maximum absolute atomic E-state index is 12.8. The van der Waals surface area contributed by atoms with Crippen molar-refractivity contribution in [2.45, 2.75) is 13.2 Å². The SMILES string of the molecule is O=C1N/C(=C/c2ccc(OCc3cccc([N+](=O)[O-])c3)c(Br)c2)C(=O)N1Cc1ccc(Br)cc1. The molecule has 1 heterocycles. The normalized spacial score (nSPS) is 14.4. The number of amides is 3. The lowest BCUT2D eigenvalue weighted by Crippen LogP contribution is -2.30. The van der Waals surface area contributed by atoms with E-state index in [0.717, 1.165) is 14.9 Å². The maximum Gasteiger partial charge on any atom is 0.329 e. The van der Waals surface area contributed by atoms with Crippen molar-refractivity contribution >= 4 is 55.6 Å². The Balaban J connectivity index is 1.44. The number of carbonyl (C=O) groups is 2. The van der Waals surface area contributed by atoms with E-state index >= 15 is 0 Å². The molecule has 3 aromatic carbocycles. The Morgan fingerprint density at radius 1 is 1.00 bits per heavy atom. The third-order valence-electron chi connectivity index (χ3n) is 5.00. The predicted molar refractivity (Wildman–Crippen MR) is 133 cm³/mol. The van der Waals surface area contributed by atoms with E-state index in [1.54, 1.807) is 36.4 Å². The van der Waals surface area contributed by atoms with E-state index in [0.29, 0.717) is 21.3 Å². The van der Waals surface area contributed by atoms with Gasteiger partial charge in [-0.2, -0.15) is 0 Å². The average Bonchev–Trinajstić information content (AvgIpc) is 3.07. The Hall–Kier alpha value is -3.50. The number of rotatable bonds is 7. The third-order valence-corrected chi connectivity index (χ3v) is 6.15. The highest BCUT2D eigenvalue weighted by molar-refractivity contribution is 9.10. The number of non-ortho nitro benzene ring substituents is 1. The third kappa shape index (κ3) is 5.52. The monoisotopic (exact) mass is 585 g/mol. The number of hydrogen-bond donors (Lipinski definition) is 1. The summed E-state index contributed by atoms with van der Waals surface area (Å²) in [6, 6.07) is 18.4. The Labute approximate surface area is 211 Å². The average molecular weight is 587 g/mol. The molecule has 172 valence electrons. The molecule has 0 aromatic heterocycles. The van der Waals surface area contributed by atoms with E-state index in [1.807, 2.05) is 24.3 Å². The Kier molecular flexibility index (Phi) is 7.09. The van der Waals surface area contributed by atoms with Crippen LogP contribution >= 0.6 is 31.9 Å². The smallest absolute Gasteiger partial charge is 0.329 e. The molecule has 1 saturated heterocycles. The first kappa shape index (κ1) is 23.7. The summed E-state index contributed by atoms with van der Waals surface area (Å²) in [7, 11) is 0. The number of nitrogens with one attached hydrogen (secondary N) is 1. The summed E-state index contributed by atoms with van der Waals surface area (Å²) < 4.78 is 7.32. The fourth-order valence-corrected chi connectivity index (χ4v) is 4.07. The van der Waals surface area contributed by atoms with Crippen molar-refractivity contribution < 1.29 is 19.2 Å². The first-order valence-electron chi connectivity index (χ1n) is 10.0. The van der Waals surface area contributed by atoms with Crippen LogP contribution in [0, 0.1) is 10.1 Å². The minimum Gasteiger partial charge on any atom is -0.488 e. The van der Waals surface area contributed by atoms with Crippen LogP contribution in [0.2, 0.25) is 0 Å². The molecule has 0 unspecified atom stereocenters. The molecule has 10 heteroatoms. The highest BCUT2D eigenvalue weighted by atomic mass is 79.9. The molecule has 1 aliphatic rings. The number of imide groups is 1. The van der Waals surface area contributed by atoms with Gasteiger partial charge in [0, 0.05) is 16.6 Å². The molecule has 34 heavy (non-hydrogen) atoms. The zero-order chi connectivity index (χ0) is 24.2. The molecule has 8 nitrogen and oxygen atoms in total. The molecule has 1 fully saturated rings. The van der Waals surface area contributed by atoms with Gasteiger partial charge in [-0.05, 0) is 63.0 Å². The van der Waals surface area contributed by atoms with Gasteiger partial charge in [-0.25, -0.2) is 4.79 Å². The van der Waals surface area contributed by atoms with Gasteiger partial charge in [0.1, 0.15) is 18.1 Å². The summed E-state index contributed by atoms with van der Waals surface area (Å²) in [4.78, 5) is 36.7. The molecule has 1 N–H and O–H groups in total. The number of carbonyl (C=O) groups excluding carboxylic acids is 2. The first-order valence-corrected chi connectivity index (χ1v) is 11.6. The quantitative estimate of drug-likeness (QED) is 0.163. The van der Waals surface area contributed by atoms with Crippen molar-refractivity contribution in [3.63, 3.8) is 0 Å². The fraction of sp³-hybridized carbons (Fsp3) is 0.0833. The van der Waals surface area contributed by atoms with Crippen LogP contribution < -0.4 is 10.1 Å². The molecule has 0 saturated carbocycles. The Morgan fingerprint density at radius 2 is 1.76 bits per heavy atom. The lowest BCUT2D eigenvalue weighted by molar-refractivity contribution is -0.384. The summed E-state index contributed by atoms with van der Waals surface area (Å²) in [6.07, 6.45) is 1.59. The molecule has 4 rings (SSSR count). The fourth-order valence-electron chi connectivity index (χ4n) is 3.30. The number of halogens is 2. The largest absolute Gasteiger partial charge is 0.488 e. The van der Waals surface area contributed by atoms with Gasteiger partial charge in [0.25, 0.3) is 11.6 Å². The van der Waals surface area contributed by atoms with Crippen LogP contribution in [0.25, 0.3) is 6.08 Å². The number of nitrogens with zero attached hydrogens (tertiary/aromatic N) is 2. The molecule has 0 radical (unpaired) electrons. The van der Waals surface area contributed by atoms with Crippen molar-refractivity contribution in [3.8, 4) is 5.75 Å². The number of nitro benzene ring substituents is 1. The van der Waals surface area contributed by atoms with Crippen LogP contribution in [0.4, 0.5) is 10.5 Å². The predicted octanol–water partition coefficient (Wildman–Crippen LogP) is 5.79. The van der Waals surface area contributed by atoms with Gasteiger partial charge in [0.05, 0.1) is 15.9 Å². The van der Waals surface area contributed by atoms with Crippen LogP contribution in [-0.2, 0) is 17.9 Å².